The molecule has 0 aliphatic rings. The van der Waals surface area contributed by atoms with Crippen LogP contribution in [0, 0.1) is 6.92 Å². The van der Waals surface area contributed by atoms with Crippen LogP contribution in [-0.4, -0.2) is 29.7 Å². The van der Waals surface area contributed by atoms with E-state index in [4.69, 9.17) is 0 Å². The number of carbonyl (C=O) groups is 1. The van der Waals surface area contributed by atoms with Gasteiger partial charge in [-0.3, -0.25) is 9.52 Å². The number of anilines is 2. The van der Waals surface area contributed by atoms with Crippen LogP contribution in [0.15, 0.2) is 59.5 Å². The van der Waals surface area contributed by atoms with E-state index < -0.39 is 15.9 Å². The zero-order valence-corrected chi connectivity index (χ0v) is 14.0. The minimum atomic E-state index is -3.87. The van der Waals surface area contributed by atoms with E-state index in [0.717, 1.165) is 5.56 Å². The lowest BCUT2D eigenvalue weighted by Crippen LogP contribution is -2.18. The van der Waals surface area contributed by atoms with Gasteiger partial charge in [-0.2, -0.15) is 5.21 Å². The van der Waals surface area contributed by atoms with Crippen molar-refractivity contribution < 1.29 is 13.2 Å². The largest absolute Gasteiger partial charge is 0.320 e. The first kappa shape index (κ1) is 16.7. The Labute approximate surface area is 144 Å². The number of carbonyl (C=O) groups excluding carboxylic acids is 1. The van der Waals surface area contributed by atoms with Gasteiger partial charge in [0.1, 0.15) is 0 Å². The molecule has 0 radical (unpaired) electrons. The van der Waals surface area contributed by atoms with Crippen molar-refractivity contribution in [1.82, 2.24) is 15.4 Å². The number of hydrogen-bond donors (Lipinski definition) is 3. The number of sulfonamides is 1. The van der Waals surface area contributed by atoms with E-state index in [1.807, 2.05) is 13.0 Å². The van der Waals surface area contributed by atoms with Crippen LogP contribution in [0.5, 0.6) is 0 Å². The maximum atomic E-state index is 12.4. The summed E-state index contributed by atoms with van der Waals surface area (Å²) in [7, 11) is -3.87. The van der Waals surface area contributed by atoms with Gasteiger partial charge in [-0.25, -0.2) is 8.42 Å². The van der Waals surface area contributed by atoms with E-state index in [1.54, 1.807) is 36.4 Å². The van der Waals surface area contributed by atoms with Crippen molar-refractivity contribution in [3.8, 4) is 0 Å². The SMILES string of the molecule is Cc1cccc(NC(=O)c2n[nH]nc2NS(=O)(=O)c2ccccc2)c1. The lowest BCUT2D eigenvalue weighted by Gasteiger charge is -2.07. The van der Waals surface area contributed by atoms with Crippen molar-refractivity contribution >= 4 is 27.4 Å². The minimum absolute atomic E-state index is 0.0584. The highest BCUT2D eigenvalue weighted by molar-refractivity contribution is 7.92. The van der Waals surface area contributed by atoms with Gasteiger partial charge in [0.15, 0.2) is 11.5 Å². The number of amides is 1. The molecule has 8 nitrogen and oxygen atoms in total. The summed E-state index contributed by atoms with van der Waals surface area (Å²) in [4.78, 5) is 12.4. The lowest BCUT2D eigenvalue weighted by molar-refractivity contribution is 0.102. The Balaban J connectivity index is 1.82. The van der Waals surface area contributed by atoms with Crippen LogP contribution in [0.3, 0.4) is 0 Å². The molecular weight excluding hydrogens is 342 g/mol. The molecule has 0 spiro atoms. The van der Waals surface area contributed by atoms with Crippen molar-refractivity contribution in [1.29, 1.82) is 0 Å². The lowest BCUT2D eigenvalue weighted by atomic mass is 10.2. The van der Waals surface area contributed by atoms with Gasteiger partial charge in [0.05, 0.1) is 4.90 Å². The molecule has 128 valence electrons. The van der Waals surface area contributed by atoms with Gasteiger partial charge < -0.3 is 5.32 Å². The smallest absolute Gasteiger partial charge is 0.280 e. The summed E-state index contributed by atoms with van der Waals surface area (Å²) in [6, 6.07) is 15.0. The normalized spacial score (nSPS) is 11.1. The van der Waals surface area contributed by atoms with Gasteiger partial charge in [-0.1, -0.05) is 30.3 Å². The molecule has 9 heteroatoms. The number of rotatable bonds is 5. The molecule has 0 unspecified atom stereocenters. The maximum absolute atomic E-state index is 12.4. The summed E-state index contributed by atoms with van der Waals surface area (Å²) in [5, 5.41) is 12.4. The van der Waals surface area contributed by atoms with Crippen LogP contribution in [0.4, 0.5) is 11.5 Å². The Morgan fingerprint density at radius 2 is 1.80 bits per heavy atom. The minimum Gasteiger partial charge on any atom is -0.320 e. The molecule has 0 bridgehead atoms. The summed E-state index contributed by atoms with van der Waals surface area (Å²) >= 11 is 0. The van der Waals surface area contributed by atoms with E-state index in [1.165, 1.54) is 12.1 Å². The monoisotopic (exact) mass is 357 g/mol. The Kier molecular flexibility index (Phi) is 4.48. The molecule has 0 atom stereocenters. The topological polar surface area (TPSA) is 117 Å². The molecule has 2 aromatic carbocycles. The Bertz CT molecular complexity index is 999. The predicted octanol–water partition coefficient (Wildman–Crippen LogP) is 2.17. The Morgan fingerprint density at radius 3 is 2.52 bits per heavy atom. The van der Waals surface area contributed by atoms with E-state index in [2.05, 4.69) is 25.4 Å². The predicted molar refractivity (Wildman–Crippen MR) is 92.8 cm³/mol. The fourth-order valence-corrected chi connectivity index (χ4v) is 3.19. The van der Waals surface area contributed by atoms with Crippen LogP contribution < -0.4 is 10.0 Å². The first-order valence-corrected chi connectivity index (χ1v) is 8.81. The summed E-state index contributed by atoms with van der Waals surface area (Å²) in [6.45, 7) is 1.89. The molecule has 25 heavy (non-hydrogen) atoms. The summed E-state index contributed by atoms with van der Waals surface area (Å²) in [5.41, 5.74) is 1.40. The average molecular weight is 357 g/mol. The highest BCUT2D eigenvalue weighted by Gasteiger charge is 2.22. The van der Waals surface area contributed by atoms with E-state index >= 15 is 0 Å². The van der Waals surface area contributed by atoms with Gasteiger partial charge in [0.2, 0.25) is 0 Å². The van der Waals surface area contributed by atoms with Gasteiger partial charge >= 0.3 is 0 Å². The summed E-state index contributed by atoms with van der Waals surface area (Å²) in [6.07, 6.45) is 0. The Morgan fingerprint density at radius 1 is 1.04 bits per heavy atom. The first-order chi connectivity index (χ1) is 12.0. The van der Waals surface area contributed by atoms with Gasteiger partial charge in [-0.05, 0) is 36.8 Å². The molecule has 0 saturated heterocycles. The summed E-state index contributed by atoms with van der Waals surface area (Å²) in [5.74, 6) is -0.751. The summed E-state index contributed by atoms with van der Waals surface area (Å²) < 4.78 is 27.0. The fraction of sp³-hybridized carbons (Fsp3) is 0.0625. The third-order valence-corrected chi connectivity index (χ3v) is 4.68. The van der Waals surface area contributed by atoms with Gasteiger partial charge in [0.25, 0.3) is 15.9 Å². The highest BCUT2D eigenvalue weighted by Crippen LogP contribution is 2.18. The van der Waals surface area contributed by atoms with Crippen molar-refractivity contribution in [2.24, 2.45) is 0 Å². The van der Waals surface area contributed by atoms with E-state index in [-0.39, 0.29) is 16.4 Å². The molecule has 0 aliphatic carbocycles. The number of H-pyrrole nitrogens is 1. The van der Waals surface area contributed by atoms with Gasteiger partial charge in [0, 0.05) is 5.69 Å². The molecule has 3 rings (SSSR count). The Hall–Kier alpha value is -3.20. The van der Waals surface area contributed by atoms with Crippen molar-refractivity contribution in [3.63, 3.8) is 0 Å². The number of nitrogens with one attached hydrogen (secondary N) is 3. The molecule has 1 aromatic heterocycles. The second kappa shape index (κ2) is 6.73. The first-order valence-electron chi connectivity index (χ1n) is 7.32. The standard InChI is InChI=1S/C16H15N5O3S/c1-11-6-5-7-12(10-11)17-16(22)14-15(19-21-18-14)20-25(23,24)13-8-3-2-4-9-13/h2-10H,1H3,(H,17,22)(H2,18,19,20,21). The fourth-order valence-electron chi connectivity index (χ4n) is 2.16. The molecule has 1 amide bonds. The number of benzene rings is 2. The highest BCUT2D eigenvalue weighted by atomic mass is 32.2. The molecule has 1 heterocycles. The maximum Gasteiger partial charge on any atom is 0.280 e. The zero-order valence-electron chi connectivity index (χ0n) is 13.2. The van der Waals surface area contributed by atoms with Crippen molar-refractivity contribution in [2.75, 3.05) is 10.0 Å². The third kappa shape index (κ3) is 3.83. The molecule has 0 fully saturated rings. The van der Waals surface area contributed by atoms with Crippen LogP contribution in [-0.2, 0) is 10.0 Å². The number of aromatic amines is 1. The third-order valence-electron chi connectivity index (χ3n) is 3.32. The molecule has 3 aromatic rings. The zero-order chi connectivity index (χ0) is 17.9. The quantitative estimate of drug-likeness (QED) is 0.647. The average Bonchev–Trinajstić information content (AvgIpc) is 3.03. The number of nitrogens with zero attached hydrogens (tertiary/aromatic N) is 2. The van der Waals surface area contributed by atoms with Crippen molar-refractivity contribution in [3.05, 3.63) is 65.9 Å². The molecule has 0 aliphatic heterocycles. The van der Waals surface area contributed by atoms with Crippen molar-refractivity contribution in [2.45, 2.75) is 11.8 Å². The van der Waals surface area contributed by atoms with Crippen LogP contribution in [0.25, 0.3) is 0 Å². The second-order valence-corrected chi connectivity index (χ2v) is 6.95. The number of aryl methyl sites for hydroxylation is 1. The molecule has 3 N–H and O–H groups in total. The van der Waals surface area contributed by atoms with E-state index in [9.17, 15) is 13.2 Å². The number of hydrogen-bond acceptors (Lipinski definition) is 5. The second-order valence-electron chi connectivity index (χ2n) is 5.26. The molecule has 0 saturated carbocycles. The van der Waals surface area contributed by atoms with Crippen LogP contribution in [0.2, 0.25) is 0 Å². The number of aromatic nitrogens is 3. The van der Waals surface area contributed by atoms with E-state index in [0.29, 0.717) is 5.69 Å². The van der Waals surface area contributed by atoms with Crippen LogP contribution in [0.1, 0.15) is 16.1 Å². The van der Waals surface area contributed by atoms with Gasteiger partial charge in [-0.15, -0.1) is 10.2 Å². The van der Waals surface area contributed by atoms with Crippen LogP contribution >= 0.6 is 0 Å². The molecular formula is C16H15N5O3S.